The predicted molar refractivity (Wildman–Crippen MR) is 298 cm³/mol. The van der Waals surface area contributed by atoms with Crippen LogP contribution in [0.25, 0.3) is 53.6 Å². The fraction of sp³-hybridized carbons (Fsp3) is 0.0294. The van der Waals surface area contributed by atoms with Crippen molar-refractivity contribution in [3.8, 4) is 44.9 Å². The number of hydrogen-bond donors (Lipinski definition) is 0. The van der Waals surface area contributed by atoms with E-state index < -0.39 is 10.8 Å². The number of hydrogen-bond acceptors (Lipinski definition) is 4. The summed E-state index contributed by atoms with van der Waals surface area (Å²) in [5.41, 5.74) is 19.7. The first-order chi connectivity index (χ1) is 35.7. The van der Waals surface area contributed by atoms with Gasteiger partial charge in [0.2, 0.25) is 0 Å². The molecule has 0 fully saturated rings. The molecule has 0 bridgehead atoms. The molecule has 11 aromatic carbocycles. The summed E-state index contributed by atoms with van der Waals surface area (Å²) < 4.78 is 9.39. The molecule has 72 heavy (non-hydrogen) atoms. The lowest BCUT2D eigenvalue weighted by Gasteiger charge is -2.40. The first-order valence-electron chi connectivity index (χ1n) is 24.7. The SMILES string of the molecule is c1ccc2c(c1)Oc1ccccc1C21c2ccccc2-c2ccc(N(c3ccc(-c4ccc5c(c4)sc4ccccc45)cc3)c3ccc4c(c3)C3(c5ccccc5Sc5ccccc53)c3ccccc3-4)cc21. The number of benzene rings is 11. The van der Waals surface area contributed by atoms with Crippen LogP contribution in [0.2, 0.25) is 0 Å². The lowest BCUT2D eigenvalue weighted by atomic mass is 9.66. The van der Waals surface area contributed by atoms with E-state index in [0.717, 1.165) is 39.7 Å². The van der Waals surface area contributed by atoms with Gasteiger partial charge in [-0.25, -0.2) is 0 Å². The van der Waals surface area contributed by atoms with Crippen molar-refractivity contribution in [2.24, 2.45) is 0 Å². The second-order valence-electron chi connectivity index (χ2n) is 19.4. The Morgan fingerprint density at radius 2 is 0.750 bits per heavy atom. The molecule has 0 N–H and O–H groups in total. The highest BCUT2D eigenvalue weighted by Crippen LogP contribution is 2.65. The lowest BCUT2D eigenvalue weighted by Crippen LogP contribution is -2.32. The van der Waals surface area contributed by atoms with Crippen LogP contribution in [0.4, 0.5) is 17.1 Å². The summed E-state index contributed by atoms with van der Waals surface area (Å²) >= 11 is 3.75. The van der Waals surface area contributed by atoms with Crippen LogP contribution in [0.5, 0.6) is 11.5 Å². The molecule has 336 valence electrons. The summed E-state index contributed by atoms with van der Waals surface area (Å²) in [5.74, 6) is 1.78. The summed E-state index contributed by atoms with van der Waals surface area (Å²) in [4.78, 5) is 5.09. The molecule has 0 saturated carbocycles. The Morgan fingerprint density at radius 1 is 0.306 bits per heavy atom. The van der Waals surface area contributed by atoms with E-state index in [9.17, 15) is 0 Å². The Morgan fingerprint density at radius 3 is 1.36 bits per heavy atom. The highest BCUT2D eigenvalue weighted by atomic mass is 32.2. The van der Waals surface area contributed by atoms with Gasteiger partial charge in [-0.05, 0) is 140 Å². The second-order valence-corrected chi connectivity index (χ2v) is 21.6. The van der Waals surface area contributed by atoms with Crippen molar-refractivity contribution in [3.05, 3.63) is 293 Å². The summed E-state index contributed by atoms with van der Waals surface area (Å²) in [6.07, 6.45) is 0. The van der Waals surface area contributed by atoms with Crippen LogP contribution in [0, 0.1) is 0 Å². The third-order valence-corrected chi connectivity index (χ3v) is 18.3. The lowest BCUT2D eigenvalue weighted by molar-refractivity contribution is 0.436. The predicted octanol–water partition coefficient (Wildman–Crippen LogP) is 18.5. The Kier molecular flexibility index (Phi) is 8.43. The summed E-state index contributed by atoms with van der Waals surface area (Å²) in [6, 6.07) is 92.9. The van der Waals surface area contributed by atoms with Crippen LogP contribution in [-0.2, 0) is 10.8 Å². The van der Waals surface area contributed by atoms with Gasteiger partial charge in [-0.3, -0.25) is 0 Å². The molecular weight excluding hydrogens is 911 g/mol. The van der Waals surface area contributed by atoms with Gasteiger partial charge in [0, 0.05) is 58.2 Å². The molecular formula is C68H41NOS2. The molecule has 0 amide bonds. The minimum Gasteiger partial charge on any atom is -0.457 e. The first kappa shape index (κ1) is 40.3. The molecule has 2 spiro atoms. The molecule has 3 heterocycles. The number of nitrogens with zero attached hydrogens (tertiary/aromatic N) is 1. The monoisotopic (exact) mass is 951 g/mol. The second kappa shape index (κ2) is 15.1. The molecule has 16 rings (SSSR count). The maximum Gasteiger partial charge on any atom is 0.132 e. The molecule has 2 aliphatic heterocycles. The van der Waals surface area contributed by atoms with Crippen molar-refractivity contribution in [1.82, 2.24) is 0 Å². The Balaban J connectivity index is 0.940. The third-order valence-electron chi connectivity index (χ3n) is 16.0. The van der Waals surface area contributed by atoms with Crippen molar-refractivity contribution in [1.29, 1.82) is 0 Å². The molecule has 0 unspecified atom stereocenters. The molecule has 0 atom stereocenters. The molecule has 1 aromatic heterocycles. The van der Waals surface area contributed by atoms with Crippen LogP contribution >= 0.6 is 23.1 Å². The molecule has 4 aliphatic rings. The Labute approximate surface area is 426 Å². The van der Waals surface area contributed by atoms with Gasteiger partial charge in [0.15, 0.2) is 0 Å². The van der Waals surface area contributed by atoms with Gasteiger partial charge in [-0.1, -0.05) is 188 Å². The topological polar surface area (TPSA) is 12.5 Å². The summed E-state index contributed by atoms with van der Waals surface area (Å²) in [5, 5.41) is 2.63. The first-order valence-corrected chi connectivity index (χ1v) is 26.4. The fourth-order valence-corrected chi connectivity index (χ4v) is 15.5. The van der Waals surface area contributed by atoms with E-state index in [1.54, 1.807) is 0 Å². The normalized spacial score (nSPS) is 14.4. The van der Waals surface area contributed by atoms with Crippen LogP contribution in [-0.4, -0.2) is 0 Å². The molecule has 4 heteroatoms. The van der Waals surface area contributed by atoms with Gasteiger partial charge in [0.05, 0.1) is 10.8 Å². The molecule has 2 aliphatic carbocycles. The average Bonchev–Trinajstić information content (AvgIpc) is 4.06. The van der Waals surface area contributed by atoms with E-state index in [1.807, 2.05) is 23.1 Å². The quantitative estimate of drug-likeness (QED) is 0.174. The van der Waals surface area contributed by atoms with Crippen molar-refractivity contribution in [3.63, 3.8) is 0 Å². The van der Waals surface area contributed by atoms with E-state index in [2.05, 4.69) is 254 Å². The Bertz CT molecular complexity index is 3970. The maximum atomic E-state index is 6.76. The average molecular weight is 952 g/mol. The molecule has 2 nitrogen and oxygen atoms in total. The summed E-state index contributed by atoms with van der Waals surface area (Å²) in [7, 11) is 0. The zero-order chi connectivity index (χ0) is 47.1. The van der Waals surface area contributed by atoms with Gasteiger partial charge in [-0.15, -0.1) is 11.3 Å². The highest BCUT2D eigenvalue weighted by molar-refractivity contribution is 7.99. The molecule has 12 aromatic rings. The summed E-state index contributed by atoms with van der Waals surface area (Å²) in [6.45, 7) is 0. The number of rotatable bonds is 4. The van der Waals surface area contributed by atoms with E-state index in [0.29, 0.717) is 0 Å². The van der Waals surface area contributed by atoms with E-state index >= 15 is 0 Å². The molecule has 0 saturated heterocycles. The highest BCUT2D eigenvalue weighted by Gasteiger charge is 2.52. The van der Waals surface area contributed by atoms with Gasteiger partial charge in [0.1, 0.15) is 11.5 Å². The van der Waals surface area contributed by atoms with Gasteiger partial charge in [-0.2, -0.15) is 0 Å². The van der Waals surface area contributed by atoms with Crippen LogP contribution in [0.1, 0.15) is 44.5 Å². The van der Waals surface area contributed by atoms with Gasteiger partial charge < -0.3 is 9.64 Å². The standard InChI is InChI=1S/C68H41NOS2/c1-4-18-53-47(15-1)49-37-34-45(40-59(49)67(53)55-20-6-10-24-61(55)70-62-25-11-7-21-56(62)67)69(44-32-29-42(30-33-44)43-31-36-52-51-17-3-12-26-63(51)71-66(52)39-43)46-35-38-50-48-16-2-5-19-54(48)68(60(50)41-46)57-22-8-13-27-64(57)72-65-28-14-9-23-58(65)68/h1-41H. The number of fused-ring (bicyclic) bond motifs is 21. The van der Waals surface area contributed by atoms with Crippen LogP contribution in [0.3, 0.4) is 0 Å². The Hall–Kier alpha value is -8.41. The van der Waals surface area contributed by atoms with E-state index in [1.165, 1.54) is 96.7 Å². The van der Waals surface area contributed by atoms with Crippen molar-refractivity contribution in [2.45, 2.75) is 20.6 Å². The largest absolute Gasteiger partial charge is 0.457 e. The third kappa shape index (κ3) is 5.35. The van der Waals surface area contributed by atoms with E-state index in [-0.39, 0.29) is 0 Å². The van der Waals surface area contributed by atoms with Gasteiger partial charge >= 0.3 is 0 Å². The van der Waals surface area contributed by atoms with Crippen LogP contribution < -0.4 is 9.64 Å². The zero-order valence-corrected chi connectivity index (χ0v) is 40.5. The number of thiophene rings is 1. The maximum absolute atomic E-state index is 6.76. The van der Waals surface area contributed by atoms with Crippen LogP contribution in [0.15, 0.2) is 259 Å². The number of ether oxygens (including phenoxy) is 1. The van der Waals surface area contributed by atoms with Gasteiger partial charge in [0.25, 0.3) is 0 Å². The zero-order valence-electron chi connectivity index (χ0n) is 38.8. The minimum absolute atomic E-state index is 0.514. The smallest absolute Gasteiger partial charge is 0.132 e. The van der Waals surface area contributed by atoms with Crippen molar-refractivity contribution < 1.29 is 4.74 Å². The van der Waals surface area contributed by atoms with Crippen molar-refractivity contribution in [2.75, 3.05) is 4.90 Å². The van der Waals surface area contributed by atoms with Crippen molar-refractivity contribution >= 4 is 60.3 Å². The number of anilines is 3. The fourth-order valence-electron chi connectivity index (χ4n) is 13.1. The molecule has 0 radical (unpaired) electrons. The minimum atomic E-state index is -0.606. The number of para-hydroxylation sites is 2. The van der Waals surface area contributed by atoms with E-state index in [4.69, 9.17) is 4.74 Å².